The number of hydrogen-bond donors (Lipinski definition) is 3. The monoisotopic (exact) mass is 280 g/mol. The van der Waals surface area contributed by atoms with Gasteiger partial charge in [-0.05, 0) is 12.0 Å². The van der Waals surface area contributed by atoms with Crippen molar-refractivity contribution in [2.45, 2.75) is 12.8 Å². The zero-order chi connectivity index (χ0) is 14.8. The molecule has 20 heavy (non-hydrogen) atoms. The molecule has 3 N–H and O–H groups in total. The lowest BCUT2D eigenvalue weighted by atomic mass is 10.1. The van der Waals surface area contributed by atoms with Crippen molar-refractivity contribution in [2.24, 2.45) is 0 Å². The molecule has 0 spiro atoms. The van der Waals surface area contributed by atoms with Crippen molar-refractivity contribution in [1.82, 2.24) is 10.2 Å². The number of carbonyl (C=O) groups is 2. The highest BCUT2D eigenvalue weighted by molar-refractivity contribution is 5.75. The standard InChI is InChI=1S/C14H20N2O4/c17-11-10-16(14(20)15-8-6-13(18)19)9-7-12-4-2-1-3-5-12/h1-5,17H,6-11H2,(H,15,20)(H,18,19). The zero-order valence-corrected chi connectivity index (χ0v) is 11.3. The molecule has 0 atom stereocenters. The fourth-order valence-corrected chi connectivity index (χ4v) is 1.73. The molecule has 6 nitrogen and oxygen atoms in total. The maximum absolute atomic E-state index is 11.8. The van der Waals surface area contributed by atoms with Crippen LogP contribution in [0, 0.1) is 0 Å². The first kappa shape index (κ1) is 16.0. The number of carboxylic acids is 1. The maximum atomic E-state index is 11.8. The van der Waals surface area contributed by atoms with Gasteiger partial charge in [0.2, 0.25) is 0 Å². The summed E-state index contributed by atoms with van der Waals surface area (Å²) in [6.45, 7) is 0.664. The quantitative estimate of drug-likeness (QED) is 0.654. The Kier molecular flexibility index (Phi) is 7.13. The minimum absolute atomic E-state index is 0.0848. The number of rotatable bonds is 8. The summed E-state index contributed by atoms with van der Waals surface area (Å²) >= 11 is 0. The first-order valence-corrected chi connectivity index (χ1v) is 6.53. The first-order chi connectivity index (χ1) is 9.63. The maximum Gasteiger partial charge on any atom is 0.317 e. The van der Waals surface area contributed by atoms with E-state index in [9.17, 15) is 9.59 Å². The van der Waals surface area contributed by atoms with Crippen molar-refractivity contribution in [3.8, 4) is 0 Å². The van der Waals surface area contributed by atoms with Crippen LogP contribution in [0.25, 0.3) is 0 Å². The number of carbonyl (C=O) groups excluding carboxylic acids is 1. The lowest BCUT2D eigenvalue weighted by Crippen LogP contribution is -2.43. The Balaban J connectivity index is 2.42. The number of carboxylic acid groups (broad SMARTS) is 1. The van der Waals surface area contributed by atoms with Gasteiger partial charge in [-0.2, -0.15) is 0 Å². The molecular weight excluding hydrogens is 260 g/mol. The van der Waals surface area contributed by atoms with Crippen molar-refractivity contribution in [2.75, 3.05) is 26.2 Å². The van der Waals surface area contributed by atoms with Crippen LogP contribution in [0.15, 0.2) is 30.3 Å². The Morgan fingerprint density at radius 1 is 1.15 bits per heavy atom. The number of benzene rings is 1. The molecular formula is C14H20N2O4. The number of nitrogens with one attached hydrogen (secondary N) is 1. The lowest BCUT2D eigenvalue weighted by molar-refractivity contribution is -0.136. The summed E-state index contributed by atoms with van der Waals surface area (Å²) in [5.41, 5.74) is 1.11. The summed E-state index contributed by atoms with van der Waals surface area (Å²) in [6, 6.07) is 9.38. The van der Waals surface area contributed by atoms with E-state index in [0.717, 1.165) is 5.56 Å². The van der Waals surface area contributed by atoms with Gasteiger partial charge < -0.3 is 20.4 Å². The molecule has 0 radical (unpaired) electrons. The minimum atomic E-state index is -0.955. The molecule has 6 heteroatoms. The van der Waals surface area contributed by atoms with Gasteiger partial charge in [-0.25, -0.2) is 4.79 Å². The van der Waals surface area contributed by atoms with Crippen LogP contribution < -0.4 is 5.32 Å². The lowest BCUT2D eigenvalue weighted by Gasteiger charge is -2.22. The third kappa shape index (κ3) is 6.19. The van der Waals surface area contributed by atoms with Crippen LogP contribution >= 0.6 is 0 Å². The predicted molar refractivity (Wildman–Crippen MR) is 74.5 cm³/mol. The molecule has 0 saturated heterocycles. The van der Waals surface area contributed by atoms with E-state index in [1.165, 1.54) is 4.90 Å². The first-order valence-electron chi connectivity index (χ1n) is 6.53. The van der Waals surface area contributed by atoms with Crippen LogP contribution in [0.5, 0.6) is 0 Å². The fourth-order valence-electron chi connectivity index (χ4n) is 1.73. The summed E-state index contributed by atoms with van der Waals surface area (Å²) in [7, 11) is 0. The highest BCUT2D eigenvalue weighted by Gasteiger charge is 2.12. The molecule has 0 aliphatic carbocycles. The van der Waals surface area contributed by atoms with Crippen LogP contribution in [0.2, 0.25) is 0 Å². The second kappa shape index (κ2) is 8.92. The summed E-state index contributed by atoms with van der Waals surface area (Å²) in [5, 5.41) is 20.0. The van der Waals surface area contributed by atoms with E-state index >= 15 is 0 Å². The van der Waals surface area contributed by atoms with E-state index in [2.05, 4.69) is 5.32 Å². The molecule has 0 unspecified atom stereocenters. The number of hydrogen-bond acceptors (Lipinski definition) is 3. The second-order valence-corrected chi connectivity index (χ2v) is 4.32. The third-order valence-corrected chi connectivity index (χ3v) is 2.79. The van der Waals surface area contributed by atoms with Crippen molar-refractivity contribution in [1.29, 1.82) is 0 Å². The number of aliphatic hydroxyl groups is 1. The summed E-state index contributed by atoms with van der Waals surface area (Å²) in [5.74, 6) is -0.955. The van der Waals surface area contributed by atoms with Gasteiger partial charge in [0.1, 0.15) is 0 Å². The van der Waals surface area contributed by atoms with Crippen molar-refractivity contribution >= 4 is 12.0 Å². The summed E-state index contributed by atoms with van der Waals surface area (Å²) in [6.07, 6.45) is 0.574. The number of aliphatic hydroxyl groups excluding tert-OH is 1. The van der Waals surface area contributed by atoms with Gasteiger partial charge in [0.25, 0.3) is 0 Å². The second-order valence-electron chi connectivity index (χ2n) is 4.32. The number of aliphatic carboxylic acids is 1. The van der Waals surface area contributed by atoms with Gasteiger partial charge in [-0.15, -0.1) is 0 Å². The molecule has 0 fully saturated rings. The third-order valence-electron chi connectivity index (χ3n) is 2.79. The molecule has 0 aliphatic heterocycles. The van der Waals surface area contributed by atoms with Crippen molar-refractivity contribution < 1.29 is 19.8 Å². The molecule has 110 valence electrons. The fraction of sp³-hybridized carbons (Fsp3) is 0.429. The van der Waals surface area contributed by atoms with E-state index < -0.39 is 5.97 Å². The van der Waals surface area contributed by atoms with E-state index in [4.69, 9.17) is 10.2 Å². The van der Waals surface area contributed by atoms with Crippen LogP contribution in [-0.2, 0) is 11.2 Å². The highest BCUT2D eigenvalue weighted by atomic mass is 16.4. The van der Waals surface area contributed by atoms with Crippen LogP contribution in [0.3, 0.4) is 0 Å². The van der Waals surface area contributed by atoms with Crippen molar-refractivity contribution in [3.63, 3.8) is 0 Å². The van der Waals surface area contributed by atoms with Gasteiger partial charge >= 0.3 is 12.0 Å². The Morgan fingerprint density at radius 3 is 2.45 bits per heavy atom. The minimum Gasteiger partial charge on any atom is -0.481 e. The van der Waals surface area contributed by atoms with Gasteiger partial charge in [0, 0.05) is 19.6 Å². The molecule has 0 aliphatic rings. The molecule has 0 bridgehead atoms. The number of urea groups is 1. The SMILES string of the molecule is O=C(O)CCNC(=O)N(CCO)CCc1ccccc1. The van der Waals surface area contributed by atoms with Gasteiger partial charge in [0.05, 0.1) is 13.0 Å². The smallest absolute Gasteiger partial charge is 0.317 e. The number of nitrogens with zero attached hydrogens (tertiary/aromatic N) is 1. The van der Waals surface area contributed by atoms with Crippen molar-refractivity contribution in [3.05, 3.63) is 35.9 Å². The molecule has 0 aromatic heterocycles. The van der Waals surface area contributed by atoms with E-state index in [-0.39, 0.29) is 32.1 Å². The van der Waals surface area contributed by atoms with Crippen LogP contribution in [0.1, 0.15) is 12.0 Å². The van der Waals surface area contributed by atoms with Gasteiger partial charge in [-0.3, -0.25) is 4.79 Å². The Labute approximate surface area is 118 Å². The Hall–Kier alpha value is -2.08. The predicted octanol–water partition coefficient (Wildman–Crippen LogP) is 0.708. The van der Waals surface area contributed by atoms with Crippen LogP contribution in [0.4, 0.5) is 4.79 Å². The Bertz CT molecular complexity index is 422. The Morgan fingerprint density at radius 2 is 1.85 bits per heavy atom. The highest BCUT2D eigenvalue weighted by Crippen LogP contribution is 2.01. The van der Waals surface area contributed by atoms with Gasteiger partial charge in [-0.1, -0.05) is 30.3 Å². The molecule has 1 rings (SSSR count). The normalized spacial score (nSPS) is 10.1. The van der Waals surface area contributed by atoms with E-state index in [1.54, 1.807) is 0 Å². The molecule has 1 aromatic carbocycles. The van der Waals surface area contributed by atoms with Crippen LogP contribution in [-0.4, -0.2) is 53.4 Å². The average molecular weight is 280 g/mol. The summed E-state index contributed by atoms with van der Waals surface area (Å²) in [4.78, 5) is 23.7. The molecule has 0 heterocycles. The number of amides is 2. The molecule has 0 saturated carbocycles. The van der Waals surface area contributed by atoms with E-state index in [1.807, 2.05) is 30.3 Å². The zero-order valence-electron chi connectivity index (χ0n) is 11.3. The van der Waals surface area contributed by atoms with Gasteiger partial charge in [0.15, 0.2) is 0 Å². The largest absolute Gasteiger partial charge is 0.481 e. The summed E-state index contributed by atoms with van der Waals surface area (Å²) < 4.78 is 0. The topological polar surface area (TPSA) is 89.9 Å². The molecule has 2 amide bonds. The molecule has 1 aromatic rings. The average Bonchev–Trinajstić information content (AvgIpc) is 2.44. The van der Waals surface area contributed by atoms with E-state index in [0.29, 0.717) is 13.0 Å².